The number of halogens is 5. The highest BCUT2D eigenvalue weighted by Gasteiger charge is 2.43. The molecule has 230 valence electrons. The van der Waals surface area contributed by atoms with Crippen LogP contribution in [-0.4, -0.2) is 88.7 Å². The monoisotopic (exact) mass is 600 g/mol. The summed E-state index contributed by atoms with van der Waals surface area (Å²) in [6.45, 7) is 2.81. The van der Waals surface area contributed by atoms with E-state index in [4.69, 9.17) is 4.74 Å². The molecule has 2 aliphatic heterocycles. The molecule has 2 aliphatic rings. The van der Waals surface area contributed by atoms with Gasteiger partial charge in [0.15, 0.2) is 0 Å². The second kappa shape index (κ2) is 13.4. The second-order valence-electron chi connectivity index (χ2n) is 11.1. The van der Waals surface area contributed by atoms with Gasteiger partial charge in [0.05, 0.1) is 24.1 Å². The number of nitriles is 1. The molecule has 0 radical (unpaired) electrons. The Kier molecular flexibility index (Phi) is 10.6. The summed E-state index contributed by atoms with van der Waals surface area (Å²) in [6, 6.07) is 5.76. The molecule has 1 aromatic rings. The van der Waals surface area contributed by atoms with E-state index in [0.717, 1.165) is 12.1 Å². The van der Waals surface area contributed by atoms with Gasteiger partial charge >= 0.3 is 19.4 Å². The maximum atomic E-state index is 13.8. The topological polar surface area (TPSA) is 126 Å². The zero-order valence-corrected chi connectivity index (χ0v) is 23.3. The summed E-state index contributed by atoms with van der Waals surface area (Å²) in [7, 11) is -2.20. The summed E-state index contributed by atoms with van der Waals surface area (Å²) < 4.78 is 72.8. The molecule has 0 saturated carbocycles. The van der Waals surface area contributed by atoms with Crippen molar-refractivity contribution in [2.24, 2.45) is 0 Å². The number of likely N-dealkylation sites (tertiary alicyclic amines) is 2. The SMILES string of the molecule is CC(C)(C=C(C#N)C(=O)N1CCCCC1COC(=O)N[C@@H](Cc1ccccc1C(F)(F)F)B(O)O)N1CCC(F)(F)C1. The van der Waals surface area contributed by atoms with E-state index in [1.807, 2.05) is 6.07 Å². The Morgan fingerprint density at radius 3 is 2.52 bits per heavy atom. The van der Waals surface area contributed by atoms with E-state index >= 15 is 0 Å². The van der Waals surface area contributed by atoms with Crippen LogP contribution in [0.3, 0.4) is 0 Å². The van der Waals surface area contributed by atoms with Crippen molar-refractivity contribution in [2.45, 2.75) is 75.6 Å². The summed E-state index contributed by atoms with van der Waals surface area (Å²) in [6.07, 6.45) is -3.61. The van der Waals surface area contributed by atoms with E-state index < -0.39 is 67.3 Å². The molecule has 15 heteroatoms. The molecule has 1 aromatic carbocycles. The highest BCUT2D eigenvalue weighted by Crippen LogP contribution is 2.34. The van der Waals surface area contributed by atoms with Crippen molar-refractivity contribution in [1.82, 2.24) is 15.1 Å². The number of hydrogen-bond acceptors (Lipinski definition) is 7. The summed E-state index contributed by atoms with van der Waals surface area (Å²) in [5.41, 5.74) is -2.49. The van der Waals surface area contributed by atoms with Gasteiger partial charge in [-0.3, -0.25) is 9.69 Å². The number of nitrogens with one attached hydrogen (secondary N) is 1. The molecule has 2 saturated heterocycles. The highest BCUT2D eigenvalue weighted by molar-refractivity contribution is 6.43. The smallest absolute Gasteiger partial charge is 0.447 e. The van der Waals surface area contributed by atoms with Crippen LogP contribution in [0.15, 0.2) is 35.9 Å². The van der Waals surface area contributed by atoms with Crippen molar-refractivity contribution in [3.63, 3.8) is 0 Å². The van der Waals surface area contributed by atoms with Crippen molar-refractivity contribution in [2.75, 3.05) is 26.2 Å². The second-order valence-corrected chi connectivity index (χ2v) is 11.1. The molecule has 42 heavy (non-hydrogen) atoms. The first-order chi connectivity index (χ1) is 19.5. The van der Waals surface area contributed by atoms with Crippen LogP contribution in [0.2, 0.25) is 0 Å². The molecule has 2 fully saturated rings. The molecule has 0 bridgehead atoms. The number of hydrogen-bond donors (Lipinski definition) is 3. The number of alkyl halides is 5. The average molecular weight is 600 g/mol. The van der Waals surface area contributed by atoms with Crippen LogP contribution in [0.5, 0.6) is 0 Å². The van der Waals surface area contributed by atoms with E-state index in [-0.39, 0.29) is 37.3 Å². The minimum atomic E-state index is -4.69. The van der Waals surface area contributed by atoms with E-state index in [2.05, 4.69) is 5.32 Å². The van der Waals surface area contributed by atoms with Gasteiger partial charge in [-0.05, 0) is 57.2 Å². The third kappa shape index (κ3) is 8.65. The van der Waals surface area contributed by atoms with Crippen LogP contribution in [0.4, 0.5) is 26.7 Å². The van der Waals surface area contributed by atoms with Gasteiger partial charge in [-0.25, -0.2) is 13.6 Å². The first kappa shape index (κ1) is 33.3. The Bertz CT molecular complexity index is 1200. The lowest BCUT2D eigenvalue weighted by molar-refractivity contribution is -0.138. The van der Waals surface area contributed by atoms with Crippen LogP contribution in [0.1, 0.15) is 50.7 Å². The Morgan fingerprint density at radius 2 is 1.93 bits per heavy atom. The summed E-state index contributed by atoms with van der Waals surface area (Å²) in [5.74, 6) is -5.03. The quantitative estimate of drug-likeness (QED) is 0.172. The van der Waals surface area contributed by atoms with Gasteiger partial charge in [-0.15, -0.1) is 0 Å². The van der Waals surface area contributed by atoms with Crippen molar-refractivity contribution in [1.29, 1.82) is 5.26 Å². The van der Waals surface area contributed by atoms with E-state index in [1.54, 1.807) is 13.8 Å². The fourth-order valence-corrected chi connectivity index (χ4v) is 5.22. The third-order valence-electron chi connectivity index (χ3n) is 7.55. The lowest BCUT2D eigenvalue weighted by atomic mass is 9.75. The minimum absolute atomic E-state index is 0.101. The maximum absolute atomic E-state index is 13.8. The first-order valence-corrected chi connectivity index (χ1v) is 13.6. The third-order valence-corrected chi connectivity index (χ3v) is 7.55. The first-order valence-electron chi connectivity index (χ1n) is 13.6. The standard InChI is InChI=1S/C27H34BF5N4O5/c1-25(2,36-12-10-26(29,30)17-36)14-19(15-34)23(38)37-11-6-5-8-20(37)16-42-24(39)35-22(28(40)41)13-18-7-3-4-9-21(18)27(31,32)33/h3-4,7,9,14,20,22,40-41H,5-6,8,10-13,16-17H2,1-2H3,(H,35,39)/t20?,22-/m0/s1. The van der Waals surface area contributed by atoms with Crippen LogP contribution < -0.4 is 5.32 Å². The fourth-order valence-electron chi connectivity index (χ4n) is 5.22. The van der Waals surface area contributed by atoms with Crippen LogP contribution in [0.25, 0.3) is 0 Å². The molecule has 2 atom stereocenters. The highest BCUT2D eigenvalue weighted by atomic mass is 19.4. The van der Waals surface area contributed by atoms with Gasteiger partial charge < -0.3 is 25.0 Å². The zero-order chi connectivity index (χ0) is 31.3. The van der Waals surface area contributed by atoms with Gasteiger partial charge in [0, 0.05) is 25.0 Å². The van der Waals surface area contributed by atoms with Gasteiger partial charge in [-0.1, -0.05) is 18.2 Å². The van der Waals surface area contributed by atoms with Gasteiger partial charge in [0.25, 0.3) is 11.8 Å². The molecular weight excluding hydrogens is 566 g/mol. The minimum Gasteiger partial charge on any atom is -0.447 e. The maximum Gasteiger partial charge on any atom is 0.475 e. The molecule has 2 heterocycles. The molecule has 2 amide bonds. The van der Waals surface area contributed by atoms with Crippen molar-refractivity contribution >= 4 is 19.1 Å². The van der Waals surface area contributed by atoms with Gasteiger partial charge in [0.1, 0.15) is 18.2 Å². The zero-order valence-electron chi connectivity index (χ0n) is 23.3. The number of rotatable bonds is 9. The van der Waals surface area contributed by atoms with E-state index in [0.29, 0.717) is 19.3 Å². The Balaban J connectivity index is 1.66. The number of benzene rings is 1. The summed E-state index contributed by atoms with van der Waals surface area (Å²) >= 11 is 0. The molecule has 1 unspecified atom stereocenters. The fraction of sp³-hybridized carbons (Fsp3) is 0.593. The van der Waals surface area contributed by atoms with E-state index in [1.165, 1.54) is 28.0 Å². The molecule has 0 spiro atoms. The summed E-state index contributed by atoms with van der Waals surface area (Å²) in [4.78, 5) is 28.7. The average Bonchev–Trinajstić information content (AvgIpc) is 3.30. The number of nitrogens with zero attached hydrogens (tertiary/aromatic N) is 3. The largest absolute Gasteiger partial charge is 0.475 e. The number of carbonyl (C=O) groups excluding carboxylic acids is 2. The van der Waals surface area contributed by atoms with Crippen molar-refractivity contribution in [3.8, 4) is 6.07 Å². The molecular formula is C27H34BF5N4O5. The molecule has 9 nitrogen and oxygen atoms in total. The normalized spacial score (nSPS) is 20.5. The number of alkyl carbamates (subject to hydrolysis) is 1. The van der Waals surface area contributed by atoms with Gasteiger partial charge in [0.2, 0.25) is 0 Å². The number of amides is 2. The predicted octanol–water partition coefficient (Wildman–Crippen LogP) is 3.31. The lowest BCUT2D eigenvalue weighted by Crippen LogP contribution is -2.50. The Labute approximate surface area is 241 Å². The van der Waals surface area contributed by atoms with Crippen LogP contribution >= 0.6 is 0 Å². The summed E-state index contributed by atoms with van der Waals surface area (Å²) in [5, 5.41) is 31.3. The predicted molar refractivity (Wildman–Crippen MR) is 142 cm³/mol. The number of ether oxygens (including phenoxy) is 1. The Hall–Kier alpha value is -3.22. The molecule has 0 aromatic heterocycles. The van der Waals surface area contributed by atoms with E-state index in [9.17, 15) is 46.9 Å². The molecule has 0 aliphatic carbocycles. The van der Waals surface area contributed by atoms with Crippen LogP contribution in [-0.2, 0) is 22.1 Å². The molecule has 3 rings (SSSR count). The number of piperidine rings is 1. The van der Waals surface area contributed by atoms with Crippen molar-refractivity contribution < 1.29 is 46.3 Å². The van der Waals surface area contributed by atoms with Crippen LogP contribution in [0, 0.1) is 11.3 Å². The van der Waals surface area contributed by atoms with Crippen molar-refractivity contribution in [3.05, 3.63) is 47.0 Å². The van der Waals surface area contributed by atoms with Gasteiger partial charge in [-0.2, -0.15) is 18.4 Å². The molecule has 3 N–H and O–H groups in total. The Morgan fingerprint density at radius 1 is 1.24 bits per heavy atom. The number of carbonyl (C=O) groups is 2. The lowest BCUT2D eigenvalue weighted by Gasteiger charge is -2.36.